The number of nitrogens with two attached hydrogens (primary N) is 1. The Hall–Kier alpha value is -2.95. The third-order valence-electron chi connectivity index (χ3n) is 3.45. The molecule has 1 aromatic heterocycles. The van der Waals surface area contributed by atoms with E-state index in [4.69, 9.17) is 10.5 Å². The molecule has 0 fully saturated rings. The number of hydrogen-bond donors (Lipinski definition) is 1. The fourth-order valence-corrected chi connectivity index (χ4v) is 2.30. The average Bonchev–Trinajstić information content (AvgIpc) is 2.56. The van der Waals surface area contributed by atoms with Crippen molar-refractivity contribution in [3.05, 3.63) is 72.3 Å². The molecule has 2 N–H and O–H groups in total. The monoisotopic (exact) mass is 309 g/mol. The van der Waals surface area contributed by atoms with E-state index in [1.807, 2.05) is 37.3 Å². The van der Waals surface area contributed by atoms with Gasteiger partial charge in [-0.15, -0.1) is 0 Å². The summed E-state index contributed by atoms with van der Waals surface area (Å²) in [7, 11) is 0. The van der Waals surface area contributed by atoms with Crippen molar-refractivity contribution in [2.45, 2.75) is 13.0 Å². The first kappa shape index (κ1) is 15.0. The van der Waals surface area contributed by atoms with Gasteiger partial charge in [0, 0.05) is 17.8 Å². The van der Waals surface area contributed by atoms with E-state index in [1.54, 1.807) is 24.4 Å². The van der Waals surface area contributed by atoms with E-state index in [0.717, 1.165) is 5.56 Å². The van der Waals surface area contributed by atoms with Crippen molar-refractivity contribution in [2.24, 2.45) is 0 Å². The van der Waals surface area contributed by atoms with E-state index in [0.29, 0.717) is 17.0 Å². The summed E-state index contributed by atoms with van der Waals surface area (Å²) >= 11 is 0. The van der Waals surface area contributed by atoms with Gasteiger partial charge in [-0.3, -0.25) is 0 Å². The molecular weight excluding hydrogens is 293 g/mol. The summed E-state index contributed by atoms with van der Waals surface area (Å²) in [6, 6.07) is 15.9. The number of hydrogen-bond acceptors (Lipinski definition) is 4. The normalized spacial score (nSPS) is 11.9. The molecule has 1 atom stereocenters. The summed E-state index contributed by atoms with van der Waals surface area (Å²) in [6.45, 7) is 1.82. The van der Waals surface area contributed by atoms with Gasteiger partial charge < -0.3 is 10.5 Å². The zero-order valence-electron chi connectivity index (χ0n) is 12.6. The Morgan fingerprint density at radius 1 is 1.09 bits per heavy atom. The molecular formula is C18H16FN3O. The molecule has 0 aliphatic rings. The van der Waals surface area contributed by atoms with Crippen molar-refractivity contribution in [3.8, 4) is 16.9 Å². The molecule has 0 saturated carbocycles. The van der Waals surface area contributed by atoms with E-state index >= 15 is 0 Å². The summed E-state index contributed by atoms with van der Waals surface area (Å²) < 4.78 is 20.1. The molecule has 0 aliphatic carbocycles. The van der Waals surface area contributed by atoms with Crippen LogP contribution in [0.25, 0.3) is 11.1 Å². The van der Waals surface area contributed by atoms with Crippen LogP contribution in [0.4, 0.5) is 10.3 Å². The Morgan fingerprint density at radius 2 is 1.87 bits per heavy atom. The molecule has 0 spiro atoms. The average molecular weight is 309 g/mol. The summed E-state index contributed by atoms with van der Waals surface area (Å²) in [5, 5.41) is 0. The number of halogens is 1. The molecule has 116 valence electrons. The highest BCUT2D eigenvalue weighted by Gasteiger charge is 2.12. The maximum absolute atomic E-state index is 14.3. The highest BCUT2D eigenvalue weighted by Crippen LogP contribution is 2.28. The molecule has 0 saturated heterocycles. The van der Waals surface area contributed by atoms with Gasteiger partial charge in [-0.25, -0.2) is 14.4 Å². The van der Waals surface area contributed by atoms with Crippen LogP contribution in [0, 0.1) is 5.82 Å². The van der Waals surface area contributed by atoms with Crippen LogP contribution in [0.3, 0.4) is 0 Å². The fourth-order valence-electron chi connectivity index (χ4n) is 2.30. The topological polar surface area (TPSA) is 61.0 Å². The van der Waals surface area contributed by atoms with Gasteiger partial charge in [0.2, 0.25) is 5.95 Å². The first-order chi connectivity index (χ1) is 11.1. The molecule has 0 bridgehead atoms. The van der Waals surface area contributed by atoms with Crippen LogP contribution in [-0.2, 0) is 0 Å². The standard InChI is InChI=1S/C18H16FN3O/c1-12(17-9-10-21-18(20)22-17)23-14-7-8-15(16(19)11-14)13-5-3-2-4-6-13/h2-12H,1H3,(H2,20,21,22)/t12-/m0/s1. The molecule has 3 aromatic rings. The number of rotatable bonds is 4. The Labute approximate surface area is 133 Å². The molecule has 0 amide bonds. The number of nitrogen functional groups attached to an aromatic ring is 1. The Morgan fingerprint density at radius 3 is 2.57 bits per heavy atom. The number of benzene rings is 2. The molecule has 5 heteroatoms. The second-order valence-electron chi connectivity index (χ2n) is 5.11. The predicted octanol–water partition coefficient (Wildman–Crippen LogP) is 4.00. The minimum absolute atomic E-state index is 0.184. The number of anilines is 1. The van der Waals surface area contributed by atoms with Crippen molar-refractivity contribution < 1.29 is 9.13 Å². The highest BCUT2D eigenvalue weighted by atomic mass is 19.1. The lowest BCUT2D eigenvalue weighted by atomic mass is 10.1. The Kier molecular flexibility index (Phi) is 4.19. The SMILES string of the molecule is C[C@H](Oc1ccc(-c2ccccc2)c(F)c1)c1ccnc(N)n1. The quantitative estimate of drug-likeness (QED) is 0.791. The van der Waals surface area contributed by atoms with E-state index in [1.165, 1.54) is 6.07 Å². The maximum Gasteiger partial charge on any atom is 0.220 e. The summed E-state index contributed by atoms with van der Waals surface area (Å²) in [5.74, 6) is 0.290. The van der Waals surface area contributed by atoms with Crippen LogP contribution in [0.15, 0.2) is 60.8 Å². The van der Waals surface area contributed by atoms with Gasteiger partial charge in [-0.05, 0) is 30.7 Å². The molecule has 2 aromatic carbocycles. The van der Waals surface area contributed by atoms with E-state index in [-0.39, 0.29) is 17.9 Å². The van der Waals surface area contributed by atoms with Crippen LogP contribution in [0.5, 0.6) is 5.75 Å². The third kappa shape index (κ3) is 3.45. The second-order valence-corrected chi connectivity index (χ2v) is 5.11. The van der Waals surface area contributed by atoms with Crippen LogP contribution in [-0.4, -0.2) is 9.97 Å². The van der Waals surface area contributed by atoms with Crippen molar-refractivity contribution >= 4 is 5.95 Å². The van der Waals surface area contributed by atoms with Gasteiger partial charge in [0.25, 0.3) is 0 Å². The summed E-state index contributed by atoms with van der Waals surface area (Å²) in [6.07, 6.45) is 1.21. The number of nitrogens with zero attached hydrogens (tertiary/aromatic N) is 2. The van der Waals surface area contributed by atoms with Crippen molar-refractivity contribution in [1.29, 1.82) is 0 Å². The van der Waals surface area contributed by atoms with E-state index in [9.17, 15) is 4.39 Å². The Balaban J connectivity index is 1.81. The van der Waals surface area contributed by atoms with E-state index in [2.05, 4.69) is 9.97 Å². The van der Waals surface area contributed by atoms with Crippen LogP contribution in [0.1, 0.15) is 18.7 Å². The largest absolute Gasteiger partial charge is 0.484 e. The predicted molar refractivity (Wildman–Crippen MR) is 87.3 cm³/mol. The van der Waals surface area contributed by atoms with Gasteiger partial charge in [-0.1, -0.05) is 30.3 Å². The van der Waals surface area contributed by atoms with Gasteiger partial charge >= 0.3 is 0 Å². The second kappa shape index (κ2) is 6.44. The number of ether oxygens (including phenoxy) is 1. The smallest absolute Gasteiger partial charge is 0.220 e. The first-order valence-electron chi connectivity index (χ1n) is 7.23. The van der Waals surface area contributed by atoms with Crippen LogP contribution >= 0.6 is 0 Å². The van der Waals surface area contributed by atoms with Crippen molar-refractivity contribution in [1.82, 2.24) is 9.97 Å². The van der Waals surface area contributed by atoms with Gasteiger partial charge in [0.1, 0.15) is 17.7 Å². The van der Waals surface area contributed by atoms with Crippen molar-refractivity contribution in [2.75, 3.05) is 5.73 Å². The maximum atomic E-state index is 14.3. The lowest BCUT2D eigenvalue weighted by Crippen LogP contribution is -2.07. The molecule has 23 heavy (non-hydrogen) atoms. The lowest BCUT2D eigenvalue weighted by Gasteiger charge is -2.15. The molecule has 4 nitrogen and oxygen atoms in total. The Bertz CT molecular complexity index is 808. The fraction of sp³-hybridized carbons (Fsp3) is 0.111. The highest BCUT2D eigenvalue weighted by molar-refractivity contribution is 5.64. The van der Waals surface area contributed by atoms with Gasteiger partial charge in [-0.2, -0.15) is 0 Å². The summed E-state index contributed by atoms with van der Waals surface area (Å²) in [5.41, 5.74) is 7.57. The van der Waals surface area contributed by atoms with Gasteiger partial charge in [0.15, 0.2) is 0 Å². The minimum Gasteiger partial charge on any atom is -0.484 e. The zero-order valence-corrected chi connectivity index (χ0v) is 12.6. The number of aromatic nitrogens is 2. The molecule has 0 radical (unpaired) electrons. The minimum atomic E-state index is -0.359. The molecule has 0 aliphatic heterocycles. The third-order valence-corrected chi connectivity index (χ3v) is 3.45. The zero-order chi connectivity index (χ0) is 16.2. The molecule has 1 heterocycles. The van der Waals surface area contributed by atoms with Crippen molar-refractivity contribution in [3.63, 3.8) is 0 Å². The first-order valence-corrected chi connectivity index (χ1v) is 7.23. The lowest BCUT2D eigenvalue weighted by molar-refractivity contribution is 0.221. The van der Waals surface area contributed by atoms with Crippen LogP contribution in [0.2, 0.25) is 0 Å². The van der Waals surface area contributed by atoms with Gasteiger partial charge in [0.05, 0.1) is 5.69 Å². The van der Waals surface area contributed by atoms with Crippen LogP contribution < -0.4 is 10.5 Å². The molecule has 3 rings (SSSR count). The molecule has 0 unspecified atom stereocenters. The van der Waals surface area contributed by atoms with E-state index < -0.39 is 0 Å². The summed E-state index contributed by atoms with van der Waals surface area (Å²) in [4.78, 5) is 7.94.